The fourth-order valence-electron chi connectivity index (χ4n) is 16.1. The van der Waals surface area contributed by atoms with Crippen LogP contribution in [0.1, 0.15) is 101 Å². The van der Waals surface area contributed by atoms with Crippen LogP contribution in [0.2, 0.25) is 0 Å². The maximum Gasteiger partial charge on any atom is 0.317 e. The monoisotopic (exact) mass is 1980 g/mol. The van der Waals surface area contributed by atoms with Crippen LogP contribution < -0.4 is 10.6 Å². The molecule has 141 heavy (non-hydrogen) atoms. The minimum Gasteiger partial charge on any atom is -0.508 e. The molecule has 9 rings (SSSR count). The summed E-state index contributed by atoms with van der Waals surface area (Å²) in [6.45, 7) is 34.5. The summed E-state index contributed by atoms with van der Waals surface area (Å²) in [6.07, 6.45) is 6.72. The maximum atomic E-state index is 11.5. The normalized spacial score (nSPS) is 18.0. The van der Waals surface area contributed by atoms with Gasteiger partial charge in [0.1, 0.15) is 28.7 Å². The van der Waals surface area contributed by atoms with Crippen molar-refractivity contribution in [1.82, 2.24) is 74.3 Å². The summed E-state index contributed by atoms with van der Waals surface area (Å²) < 4.78 is 0. The van der Waals surface area contributed by atoms with Crippen LogP contribution in [-0.4, -0.2) is 507 Å². The Bertz CT molecular complexity index is 4520. The highest BCUT2D eigenvalue weighted by molar-refractivity contribution is 5.85. The lowest BCUT2D eigenvalue weighted by atomic mass is 9.99. The number of aromatic hydroxyl groups is 5. The number of hydrogen-bond donors (Lipinski definition) is 16. The molecule has 1 unspecified atom stereocenters. The zero-order valence-electron chi connectivity index (χ0n) is 83.0. The van der Waals surface area contributed by atoms with Gasteiger partial charge in [0.25, 0.3) is 0 Å². The van der Waals surface area contributed by atoms with Gasteiger partial charge in [-0.1, -0.05) is 88.4 Å². The molecule has 0 aromatic heterocycles. The first-order chi connectivity index (χ1) is 67.2. The number of carbonyl (C=O) groups is 9. The van der Waals surface area contributed by atoms with Crippen LogP contribution in [0.5, 0.6) is 28.7 Å². The molecule has 5 aromatic carbocycles. The second kappa shape index (κ2) is 67.0. The molecule has 4 heterocycles. The number of benzene rings is 5. The fourth-order valence-corrected chi connectivity index (χ4v) is 16.1. The van der Waals surface area contributed by atoms with E-state index in [0.717, 1.165) is 87.7 Å². The van der Waals surface area contributed by atoms with Crippen molar-refractivity contribution in [1.29, 1.82) is 0 Å². The van der Waals surface area contributed by atoms with E-state index >= 15 is 0 Å². The summed E-state index contributed by atoms with van der Waals surface area (Å²) in [4.78, 5) is 143. The van der Waals surface area contributed by atoms with E-state index in [4.69, 9.17) is 25.5 Å². The van der Waals surface area contributed by atoms with Crippen molar-refractivity contribution in [2.75, 3.05) is 275 Å². The van der Waals surface area contributed by atoms with Crippen molar-refractivity contribution in [2.45, 2.75) is 85.6 Å². The highest BCUT2D eigenvalue weighted by Gasteiger charge is 2.36. The number of nitrogens with zero attached hydrogens (tertiary/aromatic N) is 17. The number of para-hydroxylation sites is 4. The third-order valence-electron chi connectivity index (χ3n) is 23.9. The average Bonchev–Trinajstić information content (AvgIpc) is 1.65. The fraction of sp³-hybridized carbons (Fsp3) is 0.566. The summed E-state index contributed by atoms with van der Waals surface area (Å²) in [5.41, 5.74) is 4.86. The molecule has 4 aliphatic heterocycles. The van der Waals surface area contributed by atoms with Crippen molar-refractivity contribution in [2.24, 2.45) is 25.9 Å². The summed E-state index contributed by atoms with van der Waals surface area (Å²) in [7, 11) is 0. The Balaban J connectivity index is 0.000000315. The molecule has 4 aliphatic rings. The third-order valence-corrected chi connectivity index (χ3v) is 23.9. The molecule has 5 aromatic rings. The zero-order valence-corrected chi connectivity index (χ0v) is 83.0. The van der Waals surface area contributed by atoms with Gasteiger partial charge in [-0.3, -0.25) is 127 Å². The van der Waals surface area contributed by atoms with Crippen LogP contribution in [0.4, 0.5) is 0 Å². The maximum absolute atomic E-state index is 11.5. The number of hydrogen-bond acceptors (Lipinski definition) is 33. The average molecular weight is 1980 g/mol. The number of carboxylic acids is 9. The predicted molar refractivity (Wildman–Crippen MR) is 540 cm³/mol. The molecule has 0 saturated carbocycles. The van der Waals surface area contributed by atoms with Gasteiger partial charge in [-0.2, -0.15) is 0 Å². The van der Waals surface area contributed by atoms with E-state index in [1.165, 1.54) is 0 Å². The minimum atomic E-state index is -1.02. The largest absolute Gasteiger partial charge is 0.508 e. The zero-order chi connectivity index (χ0) is 104. The molecule has 0 bridgehead atoms. The quantitative estimate of drug-likeness (QED) is 0.0196. The summed E-state index contributed by atoms with van der Waals surface area (Å²) >= 11 is 0. The Labute approximate surface area is 827 Å². The van der Waals surface area contributed by atoms with Crippen molar-refractivity contribution < 1.29 is 115 Å². The van der Waals surface area contributed by atoms with Gasteiger partial charge in [-0.25, -0.2) is 0 Å². The van der Waals surface area contributed by atoms with Crippen LogP contribution in [-0.2, 0) is 43.2 Å². The number of rotatable bonds is 42. The van der Waals surface area contributed by atoms with Crippen molar-refractivity contribution >= 4 is 78.6 Å². The van der Waals surface area contributed by atoms with Gasteiger partial charge >= 0.3 is 53.7 Å². The van der Waals surface area contributed by atoms with Gasteiger partial charge in [0.15, 0.2) is 0 Å². The Morgan fingerprint density at radius 3 is 0.823 bits per heavy atom. The molecule has 16 N–H and O–H groups in total. The van der Waals surface area contributed by atoms with Gasteiger partial charge in [-0.15, -0.1) is 0 Å². The first-order valence-corrected chi connectivity index (χ1v) is 48.0. The van der Waals surface area contributed by atoms with E-state index in [9.17, 15) is 89.1 Å². The number of nitrogens with one attached hydrogen (secondary N) is 2. The van der Waals surface area contributed by atoms with Gasteiger partial charge in [-0.05, 0) is 99.7 Å². The second-order valence-electron chi connectivity index (χ2n) is 36.0. The van der Waals surface area contributed by atoms with E-state index in [0.29, 0.717) is 179 Å². The van der Waals surface area contributed by atoms with E-state index < -0.39 is 53.7 Å². The number of aliphatic imine (C=N–C) groups is 4. The van der Waals surface area contributed by atoms with Crippen molar-refractivity contribution in [3.8, 4) is 28.7 Å². The highest BCUT2D eigenvalue weighted by Crippen LogP contribution is 2.37. The van der Waals surface area contributed by atoms with E-state index in [1.807, 2.05) is 94.1 Å². The summed E-state index contributed by atoms with van der Waals surface area (Å²) in [5.74, 6) is -6.93. The molecular weight excluding hydrogens is 1820 g/mol. The summed E-state index contributed by atoms with van der Waals surface area (Å²) in [5, 5.41) is 139. The topological polar surface area (TPSA) is 552 Å². The van der Waals surface area contributed by atoms with Crippen LogP contribution in [0.3, 0.4) is 0 Å². The standard InChI is InChI=1S/C30H36N4O3.C20H26N4O2.C19H34N4O8.C17H32N4O6.C13H25N3O4/c1-22(2)23-11-12-26(29(37)19-23)30-33(15-13-31-20-24-7-3-5-9-27(24)35)17-18-34(30)16-14-32-21-25-8-4-6-10-28(25)36;25-19-7-3-1-5-17(19)15-23-13-11-21-9-10-22-12-14-24-16-18-6-2-4-8-20(18)26;1-14(2)15-9-22(12-18(28)29)6-5-20(10-16(24)25)3-4-21(11-17(26)27)7-8-23(15)13-19(30)31;1-14(2)21-9-7-19(12-16(24)25)5-3-18(11-15(22)23)4-6-20(8-10-21)13-17(26)27;1-11(2)16-7-5-14(9-12(17)18)3-4-15(6-8-16)10-13(19)20/h3-12,19-22,30,35-37H,13-18H2,1-2H3;1-8,15-16,21-22,25-26H,9-14H2;14-15H,3-13H2,1-2H3,(H,24,25)(H,26,27)(H,28,29)(H,30,31);14H,3-13H2,1-2H3,(H,22,23)(H,24,25)(H,26,27);11H,3-10H2,1-2H3,(H,17,18)(H,19,20). The molecule has 0 aliphatic carbocycles. The molecule has 782 valence electrons. The van der Waals surface area contributed by atoms with E-state index in [-0.39, 0.29) is 106 Å². The summed E-state index contributed by atoms with van der Waals surface area (Å²) in [6, 6.07) is 35.0. The molecule has 4 fully saturated rings. The smallest absolute Gasteiger partial charge is 0.317 e. The molecule has 0 amide bonds. The molecule has 0 radical (unpaired) electrons. The first kappa shape index (κ1) is 120. The Hall–Kier alpha value is -11.6. The SMILES string of the molecule is CC(C)C1CN(CC(=O)O)CCN(CC(=O)O)CCN(CC(=O)O)CCN1CC(=O)O.CC(C)N1CCN(CC(=O)O)CCN(CC(=O)O)CC1.CC(C)N1CCN(CC(=O)O)CCN(CC(=O)O)CCN(CC(=O)O)CC1.CC(C)c1ccc(C2N(CCN=Cc3ccccc3O)CCN2CCN=Cc2ccccc2O)c(O)c1.Oc1ccccc1C=NCCNCCNCCN=Cc1ccccc1O. The molecule has 42 heteroatoms. The molecule has 42 nitrogen and oxygen atoms in total. The van der Waals surface area contributed by atoms with Crippen LogP contribution >= 0.6 is 0 Å². The lowest BCUT2D eigenvalue weighted by Gasteiger charge is -2.39. The number of carboxylic acid groups (broad SMARTS) is 9. The molecular formula is C99H153N19O23. The number of phenols is 5. The van der Waals surface area contributed by atoms with Gasteiger partial charge in [0, 0.05) is 261 Å². The van der Waals surface area contributed by atoms with Crippen LogP contribution in [0, 0.1) is 5.92 Å². The second-order valence-corrected chi connectivity index (χ2v) is 36.0. The highest BCUT2D eigenvalue weighted by atomic mass is 16.4. The van der Waals surface area contributed by atoms with Crippen molar-refractivity contribution in [3.63, 3.8) is 0 Å². The molecule has 4 saturated heterocycles. The molecule has 0 spiro atoms. The van der Waals surface area contributed by atoms with E-state index in [2.05, 4.69) is 97.8 Å². The third kappa shape index (κ3) is 50.6. The first-order valence-electron chi connectivity index (χ1n) is 48.0. The van der Waals surface area contributed by atoms with Gasteiger partial charge < -0.3 is 82.1 Å². The van der Waals surface area contributed by atoms with Gasteiger partial charge in [0.2, 0.25) is 0 Å². The minimum absolute atomic E-state index is 0.00679. The lowest BCUT2D eigenvalue weighted by molar-refractivity contribution is -0.142. The Morgan fingerprint density at radius 1 is 0.305 bits per heavy atom. The van der Waals surface area contributed by atoms with E-state index in [1.54, 1.807) is 97.9 Å². The van der Waals surface area contributed by atoms with Gasteiger partial charge in [0.05, 0.1) is 91.2 Å². The number of aliphatic carboxylic acids is 9. The Morgan fingerprint density at radius 2 is 0.560 bits per heavy atom. The Kier molecular flexibility index (Phi) is 57.0. The van der Waals surface area contributed by atoms with Crippen LogP contribution in [0.25, 0.3) is 0 Å². The predicted octanol–water partition coefficient (Wildman–Crippen LogP) is 3.52. The number of phenolic OH excluding ortho intramolecular Hbond substituents is 5. The van der Waals surface area contributed by atoms with Crippen molar-refractivity contribution in [3.05, 3.63) is 149 Å². The molecule has 1 atom stereocenters. The lowest BCUT2D eigenvalue weighted by Crippen LogP contribution is -2.54. The van der Waals surface area contributed by atoms with Crippen LogP contribution in [0.15, 0.2) is 135 Å².